The summed E-state index contributed by atoms with van der Waals surface area (Å²) in [5, 5.41) is 8.65. The molecule has 0 fully saturated rings. The summed E-state index contributed by atoms with van der Waals surface area (Å²) in [7, 11) is 0. The van der Waals surface area contributed by atoms with Crippen LogP contribution in [-0.4, -0.2) is 15.0 Å². The lowest BCUT2D eigenvalue weighted by Crippen LogP contribution is -1.97. The Balaban J connectivity index is 2.52. The number of aromatic nitrogens is 3. The summed E-state index contributed by atoms with van der Waals surface area (Å²) in [6.45, 7) is 1.96. The average Bonchev–Trinajstić information content (AvgIpc) is 2.51. The molecule has 5 heteroatoms. The van der Waals surface area contributed by atoms with Crippen LogP contribution in [0.25, 0.3) is 5.69 Å². The Morgan fingerprint density at radius 2 is 2.07 bits per heavy atom. The fourth-order valence-corrected chi connectivity index (χ4v) is 1.59. The van der Waals surface area contributed by atoms with E-state index in [9.17, 15) is 0 Å². The van der Waals surface area contributed by atoms with Crippen molar-refractivity contribution < 1.29 is 0 Å². The van der Waals surface area contributed by atoms with Crippen molar-refractivity contribution in [3.63, 3.8) is 0 Å². The smallest absolute Gasteiger partial charge is 0.171 e. The molecule has 72 valence electrons. The first-order valence-corrected chi connectivity index (χ1v) is 4.77. The molecule has 0 aliphatic rings. The Morgan fingerprint density at radius 3 is 2.64 bits per heavy atom. The van der Waals surface area contributed by atoms with Gasteiger partial charge in [0.2, 0.25) is 0 Å². The van der Waals surface area contributed by atoms with Crippen LogP contribution in [0.2, 0.25) is 10.2 Å². The first-order valence-electron chi connectivity index (χ1n) is 4.01. The summed E-state index contributed by atoms with van der Waals surface area (Å²) >= 11 is 11.5. The van der Waals surface area contributed by atoms with E-state index >= 15 is 0 Å². The lowest BCUT2D eigenvalue weighted by molar-refractivity contribution is 0.798. The number of benzene rings is 1. The lowest BCUT2D eigenvalue weighted by Gasteiger charge is -2.04. The molecule has 0 spiro atoms. The highest BCUT2D eigenvalue weighted by atomic mass is 35.5. The molecule has 0 saturated heterocycles. The van der Waals surface area contributed by atoms with Crippen LogP contribution in [0.4, 0.5) is 0 Å². The fourth-order valence-electron chi connectivity index (χ4n) is 1.24. The summed E-state index contributed by atoms with van der Waals surface area (Å²) in [5.41, 5.74) is 1.95. The van der Waals surface area contributed by atoms with E-state index in [0.717, 1.165) is 11.3 Å². The molecule has 2 aromatic rings. The molecule has 2 rings (SSSR count). The molecule has 0 N–H and O–H groups in total. The van der Waals surface area contributed by atoms with Gasteiger partial charge in [-0.3, -0.25) is 0 Å². The molecule has 0 aliphatic carbocycles. The zero-order valence-corrected chi connectivity index (χ0v) is 8.92. The fraction of sp³-hybridized carbons (Fsp3) is 0.111. The maximum absolute atomic E-state index is 5.84. The van der Waals surface area contributed by atoms with Crippen molar-refractivity contribution in [3.8, 4) is 5.69 Å². The maximum Gasteiger partial charge on any atom is 0.171 e. The van der Waals surface area contributed by atoms with E-state index in [1.54, 1.807) is 16.9 Å². The molecule has 0 radical (unpaired) electrons. The third-order valence-electron chi connectivity index (χ3n) is 1.87. The van der Waals surface area contributed by atoms with Crippen LogP contribution in [0.3, 0.4) is 0 Å². The molecule has 0 amide bonds. The Labute approximate surface area is 91.3 Å². The normalized spacial score (nSPS) is 10.5. The van der Waals surface area contributed by atoms with Gasteiger partial charge in [-0.25, -0.2) is 4.68 Å². The average molecular weight is 228 g/mol. The van der Waals surface area contributed by atoms with Gasteiger partial charge in [0.1, 0.15) is 0 Å². The quantitative estimate of drug-likeness (QED) is 0.751. The highest BCUT2D eigenvalue weighted by molar-refractivity contribution is 6.30. The zero-order valence-electron chi connectivity index (χ0n) is 7.41. The highest BCUT2D eigenvalue weighted by Crippen LogP contribution is 2.18. The molecule has 0 saturated carbocycles. The van der Waals surface area contributed by atoms with Crippen LogP contribution in [-0.2, 0) is 0 Å². The molecular formula is C9H7Cl2N3. The third-order valence-corrected chi connectivity index (χ3v) is 2.28. The predicted molar refractivity (Wildman–Crippen MR) is 56.1 cm³/mol. The molecule has 1 heterocycles. The largest absolute Gasteiger partial charge is 0.219 e. The van der Waals surface area contributed by atoms with E-state index in [1.165, 1.54) is 0 Å². The summed E-state index contributed by atoms with van der Waals surface area (Å²) in [4.78, 5) is 0. The van der Waals surface area contributed by atoms with Gasteiger partial charge in [0.25, 0.3) is 0 Å². The van der Waals surface area contributed by atoms with Crippen LogP contribution in [0.15, 0.2) is 24.4 Å². The van der Waals surface area contributed by atoms with Gasteiger partial charge in [-0.05, 0) is 30.7 Å². The second-order valence-electron chi connectivity index (χ2n) is 2.92. The predicted octanol–water partition coefficient (Wildman–Crippen LogP) is 2.88. The lowest BCUT2D eigenvalue weighted by atomic mass is 10.2. The SMILES string of the molecule is Cc1cc(Cl)ccc1-n1cc(Cl)nn1. The van der Waals surface area contributed by atoms with E-state index in [1.807, 2.05) is 19.1 Å². The first kappa shape index (κ1) is 9.49. The van der Waals surface area contributed by atoms with Crippen LogP contribution in [0, 0.1) is 6.92 Å². The van der Waals surface area contributed by atoms with Crippen molar-refractivity contribution in [1.29, 1.82) is 0 Å². The first-order chi connectivity index (χ1) is 6.66. The Bertz CT molecular complexity index is 465. The van der Waals surface area contributed by atoms with Crippen molar-refractivity contribution in [2.75, 3.05) is 0 Å². The summed E-state index contributed by atoms with van der Waals surface area (Å²) in [5.74, 6) is 0. The number of halogens is 2. The van der Waals surface area contributed by atoms with Gasteiger partial charge in [-0.2, -0.15) is 0 Å². The van der Waals surface area contributed by atoms with Crippen molar-refractivity contribution >= 4 is 23.2 Å². The van der Waals surface area contributed by atoms with E-state index in [0.29, 0.717) is 10.2 Å². The molecule has 0 unspecified atom stereocenters. The molecule has 0 aliphatic heterocycles. The molecule has 1 aromatic heterocycles. The Kier molecular flexibility index (Phi) is 2.44. The van der Waals surface area contributed by atoms with E-state index in [-0.39, 0.29) is 0 Å². The molecule has 14 heavy (non-hydrogen) atoms. The topological polar surface area (TPSA) is 30.7 Å². The highest BCUT2D eigenvalue weighted by Gasteiger charge is 2.03. The van der Waals surface area contributed by atoms with E-state index in [4.69, 9.17) is 23.2 Å². The van der Waals surface area contributed by atoms with Crippen LogP contribution in [0.1, 0.15) is 5.56 Å². The molecular weight excluding hydrogens is 221 g/mol. The maximum atomic E-state index is 5.84. The summed E-state index contributed by atoms with van der Waals surface area (Å²) in [6, 6.07) is 5.55. The van der Waals surface area contributed by atoms with Crippen molar-refractivity contribution in [2.24, 2.45) is 0 Å². The van der Waals surface area contributed by atoms with Crippen LogP contribution in [0.5, 0.6) is 0 Å². The molecule has 3 nitrogen and oxygen atoms in total. The number of rotatable bonds is 1. The molecule has 0 bridgehead atoms. The Hall–Kier alpha value is -1.06. The van der Waals surface area contributed by atoms with Gasteiger partial charge >= 0.3 is 0 Å². The number of hydrogen-bond donors (Lipinski definition) is 0. The number of aryl methyl sites for hydroxylation is 1. The monoisotopic (exact) mass is 227 g/mol. The number of hydrogen-bond acceptors (Lipinski definition) is 2. The van der Waals surface area contributed by atoms with Gasteiger partial charge in [-0.15, -0.1) is 5.10 Å². The van der Waals surface area contributed by atoms with Gasteiger partial charge < -0.3 is 0 Å². The summed E-state index contributed by atoms with van der Waals surface area (Å²) < 4.78 is 1.62. The molecule has 0 atom stereocenters. The van der Waals surface area contributed by atoms with Crippen LogP contribution >= 0.6 is 23.2 Å². The minimum Gasteiger partial charge on any atom is -0.219 e. The minimum atomic E-state index is 0.374. The van der Waals surface area contributed by atoms with Crippen molar-refractivity contribution in [3.05, 3.63) is 40.1 Å². The number of nitrogens with zero attached hydrogens (tertiary/aromatic N) is 3. The second-order valence-corrected chi connectivity index (χ2v) is 3.74. The van der Waals surface area contributed by atoms with Crippen LogP contribution < -0.4 is 0 Å². The van der Waals surface area contributed by atoms with Crippen molar-refractivity contribution in [2.45, 2.75) is 6.92 Å². The zero-order chi connectivity index (χ0) is 10.1. The van der Waals surface area contributed by atoms with Crippen molar-refractivity contribution in [1.82, 2.24) is 15.0 Å². The van der Waals surface area contributed by atoms with Gasteiger partial charge in [0, 0.05) is 5.02 Å². The Morgan fingerprint density at radius 1 is 1.29 bits per heavy atom. The second kappa shape index (κ2) is 3.59. The summed E-state index contributed by atoms with van der Waals surface area (Å²) in [6.07, 6.45) is 1.65. The van der Waals surface area contributed by atoms with E-state index < -0.39 is 0 Å². The molecule has 1 aromatic carbocycles. The standard InChI is InChI=1S/C9H7Cl2N3/c1-6-4-7(10)2-3-8(6)14-5-9(11)12-13-14/h2-5H,1H3. The van der Waals surface area contributed by atoms with Gasteiger partial charge in [0.15, 0.2) is 5.15 Å². The van der Waals surface area contributed by atoms with Gasteiger partial charge in [0.05, 0.1) is 11.9 Å². The van der Waals surface area contributed by atoms with Gasteiger partial charge in [-0.1, -0.05) is 28.4 Å². The third kappa shape index (κ3) is 1.74. The van der Waals surface area contributed by atoms with E-state index in [2.05, 4.69) is 10.3 Å². The minimum absolute atomic E-state index is 0.374.